The quantitative estimate of drug-likeness (QED) is 0.370. The molecule has 0 atom stereocenters. The number of carbonyl (C=O) groups excluding carboxylic acids is 1. The number of hydrogen-bond acceptors (Lipinski definition) is 5. The summed E-state index contributed by atoms with van der Waals surface area (Å²) in [6.07, 6.45) is 0. The van der Waals surface area contributed by atoms with Gasteiger partial charge in [-0.3, -0.25) is 0 Å². The monoisotopic (exact) mass is 373 g/mol. The van der Waals surface area contributed by atoms with Crippen LogP contribution >= 0.6 is 23.4 Å². The Morgan fingerprint density at radius 2 is 1.84 bits per heavy atom. The van der Waals surface area contributed by atoms with Crippen molar-refractivity contribution in [3.8, 4) is 11.4 Å². The molecule has 7 heteroatoms. The van der Waals surface area contributed by atoms with Crippen LogP contribution in [0.2, 0.25) is 5.02 Å². The highest BCUT2D eigenvalue weighted by Gasteiger charge is 2.13. The molecule has 1 aromatic heterocycles. The van der Waals surface area contributed by atoms with Crippen LogP contribution in [0.1, 0.15) is 10.4 Å². The fraction of sp³-hybridized carbons (Fsp3) is 0.167. The second-order valence-electron chi connectivity index (χ2n) is 5.20. The summed E-state index contributed by atoms with van der Waals surface area (Å²) in [5, 5.41) is 9.77. The standard InChI is InChI=1S/C18H16ClN3O2S/c1-22-16(14-9-5-6-10-15(14)19)20-21-18(22)25-12-11-24-17(23)13-7-3-2-4-8-13/h2-10H,11-12H2,1H3. The van der Waals surface area contributed by atoms with Crippen LogP contribution in [-0.2, 0) is 11.8 Å². The lowest BCUT2D eigenvalue weighted by Gasteiger charge is -2.06. The van der Waals surface area contributed by atoms with Gasteiger partial charge in [0.15, 0.2) is 11.0 Å². The van der Waals surface area contributed by atoms with Gasteiger partial charge in [-0.05, 0) is 24.3 Å². The number of benzene rings is 2. The van der Waals surface area contributed by atoms with Gasteiger partial charge in [-0.25, -0.2) is 4.79 Å². The summed E-state index contributed by atoms with van der Waals surface area (Å²) in [4.78, 5) is 11.9. The lowest BCUT2D eigenvalue weighted by atomic mass is 10.2. The predicted octanol–water partition coefficient (Wildman–Crippen LogP) is 4.08. The van der Waals surface area contributed by atoms with Crippen molar-refractivity contribution in [3.63, 3.8) is 0 Å². The zero-order valence-electron chi connectivity index (χ0n) is 13.6. The molecule has 3 rings (SSSR count). The summed E-state index contributed by atoms with van der Waals surface area (Å²) in [7, 11) is 1.89. The highest BCUT2D eigenvalue weighted by Crippen LogP contribution is 2.28. The van der Waals surface area contributed by atoms with Crippen LogP contribution in [0.25, 0.3) is 11.4 Å². The van der Waals surface area contributed by atoms with E-state index in [0.717, 1.165) is 10.7 Å². The van der Waals surface area contributed by atoms with Crippen molar-refractivity contribution < 1.29 is 9.53 Å². The Hall–Kier alpha value is -2.31. The molecule has 0 aliphatic rings. The number of thioether (sulfide) groups is 1. The first-order chi connectivity index (χ1) is 12.2. The van der Waals surface area contributed by atoms with Crippen molar-refractivity contribution in [3.05, 3.63) is 65.2 Å². The van der Waals surface area contributed by atoms with Gasteiger partial charge in [0, 0.05) is 18.4 Å². The van der Waals surface area contributed by atoms with Crippen molar-refractivity contribution in [2.45, 2.75) is 5.16 Å². The first-order valence-electron chi connectivity index (χ1n) is 7.66. The van der Waals surface area contributed by atoms with Crippen molar-refractivity contribution in [2.75, 3.05) is 12.4 Å². The molecule has 128 valence electrons. The minimum atomic E-state index is -0.323. The number of hydrogen-bond donors (Lipinski definition) is 0. The smallest absolute Gasteiger partial charge is 0.338 e. The van der Waals surface area contributed by atoms with Crippen molar-refractivity contribution in [1.82, 2.24) is 14.8 Å². The maximum absolute atomic E-state index is 11.9. The third-order valence-electron chi connectivity index (χ3n) is 3.51. The van der Waals surface area contributed by atoms with E-state index in [4.69, 9.17) is 16.3 Å². The van der Waals surface area contributed by atoms with E-state index in [1.165, 1.54) is 11.8 Å². The van der Waals surface area contributed by atoms with Crippen molar-refractivity contribution >= 4 is 29.3 Å². The topological polar surface area (TPSA) is 57.0 Å². The summed E-state index contributed by atoms with van der Waals surface area (Å²) in [6, 6.07) is 16.4. The molecule has 0 unspecified atom stereocenters. The number of aromatic nitrogens is 3. The van der Waals surface area contributed by atoms with Crippen molar-refractivity contribution in [2.24, 2.45) is 7.05 Å². The maximum atomic E-state index is 11.9. The third-order valence-corrected chi connectivity index (χ3v) is 4.82. The summed E-state index contributed by atoms with van der Waals surface area (Å²) >= 11 is 7.69. The van der Waals surface area contributed by atoms with Gasteiger partial charge in [-0.1, -0.05) is 53.7 Å². The second-order valence-corrected chi connectivity index (χ2v) is 6.66. The Labute approximate surface area is 155 Å². The lowest BCUT2D eigenvalue weighted by Crippen LogP contribution is -2.08. The fourth-order valence-corrected chi connectivity index (χ4v) is 3.19. The molecular weight excluding hydrogens is 358 g/mol. The molecule has 0 amide bonds. The number of esters is 1. The summed E-state index contributed by atoms with van der Waals surface area (Å²) in [5.41, 5.74) is 1.38. The number of rotatable bonds is 6. The van der Waals surface area contributed by atoms with E-state index in [1.54, 1.807) is 24.3 Å². The highest BCUT2D eigenvalue weighted by molar-refractivity contribution is 7.99. The van der Waals surface area contributed by atoms with Crippen LogP contribution in [-0.4, -0.2) is 33.1 Å². The zero-order valence-corrected chi connectivity index (χ0v) is 15.1. The Bertz CT molecular complexity index is 868. The molecule has 3 aromatic rings. The van der Waals surface area contributed by atoms with Crippen LogP contribution in [0.5, 0.6) is 0 Å². The normalized spacial score (nSPS) is 10.6. The second kappa shape index (κ2) is 8.18. The summed E-state index contributed by atoms with van der Waals surface area (Å²) in [5.74, 6) is 0.970. The van der Waals surface area contributed by atoms with Crippen LogP contribution in [0.3, 0.4) is 0 Å². The van der Waals surface area contributed by atoms with Gasteiger partial charge in [-0.15, -0.1) is 10.2 Å². The minimum absolute atomic E-state index is 0.298. The average Bonchev–Trinajstić information content (AvgIpc) is 3.00. The van der Waals surface area contributed by atoms with Crippen LogP contribution in [0.15, 0.2) is 59.8 Å². The molecule has 5 nitrogen and oxygen atoms in total. The third kappa shape index (κ3) is 4.21. The molecule has 25 heavy (non-hydrogen) atoms. The molecule has 0 N–H and O–H groups in total. The van der Waals surface area contributed by atoms with Gasteiger partial charge in [0.05, 0.1) is 10.6 Å². The van der Waals surface area contributed by atoms with Gasteiger partial charge in [-0.2, -0.15) is 0 Å². The minimum Gasteiger partial charge on any atom is -0.461 e. The zero-order chi connectivity index (χ0) is 17.6. The Morgan fingerprint density at radius 3 is 2.60 bits per heavy atom. The van der Waals surface area contributed by atoms with Gasteiger partial charge in [0.25, 0.3) is 0 Å². The van der Waals surface area contributed by atoms with Gasteiger partial charge < -0.3 is 9.30 Å². The Kier molecular flexibility index (Phi) is 5.73. The fourth-order valence-electron chi connectivity index (χ4n) is 2.24. The summed E-state index contributed by atoms with van der Waals surface area (Å²) in [6.45, 7) is 0.298. The maximum Gasteiger partial charge on any atom is 0.338 e. The molecule has 0 aliphatic heterocycles. The van der Waals surface area contributed by atoms with E-state index in [-0.39, 0.29) is 5.97 Å². The SMILES string of the molecule is Cn1c(SCCOC(=O)c2ccccc2)nnc1-c1ccccc1Cl. The molecule has 0 fully saturated rings. The van der Waals surface area contributed by atoms with E-state index in [1.807, 2.05) is 41.9 Å². The molecule has 0 spiro atoms. The largest absolute Gasteiger partial charge is 0.461 e. The van der Waals surface area contributed by atoms with E-state index in [9.17, 15) is 4.79 Å². The van der Waals surface area contributed by atoms with E-state index < -0.39 is 0 Å². The number of carbonyl (C=O) groups is 1. The molecule has 2 aromatic carbocycles. The van der Waals surface area contributed by atoms with E-state index in [2.05, 4.69) is 10.2 Å². The lowest BCUT2D eigenvalue weighted by molar-refractivity contribution is 0.0530. The highest BCUT2D eigenvalue weighted by atomic mass is 35.5. The molecule has 0 aliphatic carbocycles. The first-order valence-corrected chi connectivity index (χ1v) is 9.02. The van der Waals surface area contributed by atoms with Crippen LogP contribution < -0.4 is 0 Å². The number of nitrogens with zero attached hydrogens (tertiary/aromatic N) is 3. The van der Waals surface area contributed by atoms with E-state index in [0.29, 0.717) is 28.8 Å². The molecular formula is C18H16ClN3O2S. The molecule has 0 bridgehead atoms. The van der Waals surface area contributed by atoms with Gasteiger partial charge in [0.1, 0.15) is 6.61 Å². The van der Waals surface area contributed by atoms with Gasteiger partial charge in [0.2, 0.25) is 0 Å². The first kappa shape index (κ1) is 17.5. The van der Waals surface area contributed by atoms with Gasteiger partial charge >= 0.3 is 5.97 Å². The Balaban J connectivity index is 1.56. The molecule has 1 heterocycles. The van der Waals surface area contributed by atoms with Crippen LogP contribution in [0.4, 0.5) is 0 Å². The average molecular weight is 374 g/mol. The predicted molar refractivity (Wildman–Crippen MR) is 98.9 cm³/mol. The van der Waals surface area contributed by atoms with Crippen molar-refractivity contribution in [1.29, 1.82) is 0 Å². The van der Waals surface area contributed by atoms with Crippen LogP contribution in [0, 0.1) is 0 Å². The molecule has 0 saturated carbocycles. The Morgan fingerprint density at radius 1 is 1.12 bits per heavy atom. The summed E-state index contributed by atoms with van der Waals surface area (Å²) < 4.78 is 7.14. The number of ether oxygens (including phenoxy) is 1. The number of halogens is 1. The van der Waals surface area contributed by atoms with E-state index >= 15 is 0 Å². The molecule has 0 radical (unpaired) electrons. The molecule has 0 saturated heterocycles.